The summed E-state index contributed by atoms with van der Waals surface area (Å²) in [4.78, 5) is 14.2. The van der Waals surface area contributed by atoms with Crippen LogP contribution in [-0.4, -0.2) is 43.3 Å². The zero-order valence-electron chi connectivity index (χ0n) is 11.5. The van der Waals surface area contributed by atoms with Crippen LogP contribution in [0, 0.1) is 6.92 Å². The van der Waals surface area contributed by atoms with Crippen LogP contribution in [0.15, 0.2) is 15.6 Å². The van der Waals surface area contributed by atoms with Crippen LogP contribution in [0.5, 0.6) is 0 Å². The smallest absolute Gasteiger partial charge is 0.271 e. The van der Waals surface area contributed by atoms with E-state index in [1.165, 1.54) is 6.07 Å². The van der Waals surface area contributed by atoms with E-state index in [4.69, 9.17) is 9.56 Å². The summed E-state index contributed by atoms with van der Waals surface area (Å²) in [7, 11) is -3.93. The molecule has 112 valence electrons. The summed E-state index contributed by atoms with van der Waals surface area (Å²) in [6, 6.07) is 1.22. The highest BCUT2D eigenvalue weighted by Gasteiger charge is 2.28. The molecule has 1 fully saturated rings. The quantitative estimate of drug-likeness (QED) is 0.904. The molecule has 2 N–H and O–H groups in total. The minimum absolute atomic E-state index is 0.195. The Balaban J connectivity index is 2.23. The Bertz CT molecular complexity index is 609. The van der Waals surface area contributed by atoms with Gasteiger partial charge in [-0.3, -0.25) is 4.79 Å². The summed E-state index contributed by atoms with van der Waals surface area (Å²) in [5.41, 5.74) is 0.274. The molecule has 1 amide bonds. The minimum Gasteiger partial charge on any atom is -0.448 e. The number of nitrogens with two attached hydrogens (primary N) is 1. The van der Waals surface area contributed by atoms with Crippen molar-refractivity contribution in [2.75, 3.05) is 18.8 Å². The Labute approximate surface area is 122 Å². The normalized spacial score (nSPS) is 20.1. The van der Waals surface area contributed by atoms with E-state index < -0.39 is 10.0 Å². The molecule has 2 rings (SSSR count). The van der Waals surface area contributed by atoms with Crippen LogP contribution in [0.25, 0.3) is 0 Å². The summed E-state index contributed by atoms with van der Waals surface area (Å²) in [5.74, 6) is 0.980. The Kier molecular flexibility index (Phi) is 4.46. The van der Waals surface area contributed by atoms with Gasteiger partial charge in [-0.2, -0.15) is 11.8 Å². The van der Waals surface area contributed by atoms with E-state index in [1.54, 1.807) is 11.8 Å². The van der Waals surface area contributed by atoms with Crippen LogP contribution < -0.4 is 5.14 Å². The van der Waals surface area contributed by atoms with E-state index in [1.807, 2.05) is 11.8 Å². The second-order valence-corrected chi connectivity index (χ2v) is 7.63. The molecular formula is C12H18N2O4S2. The molecule has 1 saturated heterocycles. The van der Waals surface area contributed by atoms with Gasteiger partial charge in [-0.1, -0.05) is 6.92 Å². The summed E-state index contributed by atoms with van der Waals surface area (Å²) < 4.78 is 27.6. The van der Waals surface area contributed by atoms with Gasteiger partial charge in [0.1, 0.15) is 5.76 Å². The summed E-state index contributed by atoms with van der Waals surface area (Å²) >= 11 is 1.86. The highest BCUT2D eigenvalue weighted by molar-refractivity contribution is 8.00. The maximum absolute atomic E-state index is 12.4. The predicted octanol–water partition coefficient (Wildman–Crippen LogP) is 1.20. The fraction of sp³-hybridized carbons (Fsp3) is 0.583. The van der Waals surface area contributed by atoms with Crippen LogP contribution in [-0.2, 0) is 10.0 Å². The van der Waals surface area contributed by atoms with E-state index in [0.717, 1.165) is 12.2 Å². The number of thioether (sulfide) groups is 1. The van der Waals surface area contributed by atoms with Gasteiger partial charge in [0, 0.05) is 30.2 Å². The van der Waals surface area contributed by atoms with Crippen molar-refractivity contribution in [3.63, 3.8) is 0 Å². The van der Waals surface area contributed by atoms with Crippen molar-refractivity contribution in [2.24, 2.45) is 5.14 Å². The topological polar surface area (TPSA) is 93.6 Å². The zero-order chi connectivity index (χ0) is 14.9. The molecule has 2 heterocycles. The van der Waals surface area contributed by atoms with Gasteiger partial charge < -0.3 is 9.32 Å². The first kappa shape index (κ1) is 15.4. The molecule has 1 aromatic rings. The lowest BCUT2D eigenvalue weighted by molar-refractivity contribution is 0.0759. The van der Waals surface area contributed by atoms with Crippen molar-refractivity contribution >= 4 is 27.7 Å². The molecule has 1 atom stereocenters. The van der Waals surface area contributed by atoms with E-state index >= 15 is 0 Å². The molecule has 1 aliphatic heterocycles. The van der Waals surface area contributed by atoms with E-state index in [9.17, 15) is 13.2 Å². The number of furan rings is 1. The van der Waals surface area contributed by atoms with Crippen molar-refractivity contribution in [1.29, 1.82) is 0 Å². The Morgan fingerprint density at radius 2 is 2.30 bits per heavy atom. The molecule has 6 nitrogen and oxygen atoms in total. The first-order valence-corrected chi connectivity index (χ1v) is 8.96. The number of primary sulfonamides is 1. The first-order chi connectivity index (χ1) is 9.32. The average Bonchev–Trinajstić information content (AvgIpc) is 2.80. The van der Waals surface area contributed by atoms with Gasteiger partial charge in [-0.15, -0.1) is 0 Å². The highest BCUT2D eigenvalue weighted by atomic mass is 32.2. The fourth-order valence-corrected chi connectivity index (χ4v) is 3.83. The second kappa shape index (κ2) is 5.79. The summed E-state index contributed by atoms with van der Waals surface area (Å²) in [6.45, 7) is 5.00. The molecule has 1 aromatic heterocycles. The lowest BCUT2D eigenvalue weighted by Gasteiger charge is -2.31. The zero-order valence-corrected chi connectivity index (χ0v) is 13.1. The maximum Gasteiger partial charge on any atom is 0.271 e. The van der Waals surface area contributed by atoms with Gasteiger partial charge in [0.05, 0.1) is 5.56 Å². The number of carbonyl (C=O) groups is 1. The van der Waals surface area contributed by atoms with Crippen molar-refractivity contribution < 1.29 is 17.6 Å². The molecule has 0 spiro atoms. The van der Waals surface area contributed by atoms with Gasteiger partial charge in [-0.05, 0) is 13.3 Å². The maximum atomic E-state index is 12.4. The van der Waals surface area contributed by atoms with Crippen LogP contribution in [0.2, 0.25) is 0 Å². The Morgan fingerprint density at radius 3 is 2.85 bits per heavy atom. The molecule has 0 saturated carbocycles. The standard InChI is InChI=1S/C12H18N2O4S2/c1-3-9-7-14(4-5-19-9)12(15)10-6-11(18-8(10)2)20(13,16)17/h6,9H,3-5,7H2,1-2H3,(H2,13,16,17)/t9-/m0/s1. The van der Waals surface area contributed by atoms with Gasteiger partial charge >= 0.3 is 0 Å². The minimum atomic E-state index is -3.93. The second-order valence-electron chi connectivity index (χ2n) is 4.73. The van der Waals surface area contributed by atoms with Crippen LogP contribution in [0.1, 0.15) is 29.5 Å². The van der Waals surface area contributed by atoms with Crippen LogP contribution in [0.4, 0.5) is 0 Å². The van der Waals surface area contributed by atoms with E-state index in [0.29, 0.717) is 18.3 Å². The fourth-order valence-electron chi connectivity index (χ4n) is 2.13. The van der Waals surface area contributed by atoms with Gasteiger partial charge in [0.15, 0.2) is 0 Å². The largest absolute Gasteiger partial charge is 0.448 e. The number of carbonyl (C=O) groups excluding carboxylic acids is 1. The number of nitrogens with zero attached hydrogens (tertiary/aromatic N) is 1. The van der Waals surface area contributed by atoms with Crippen molar-refractivity contribution in [3.8, 4) is 0 Å². The molecular weight excluding hydrogens is 300 g/mol. The number of hydrogen-bond acceptors (Lipinski definition) is 5. The number of aryl methyl sites for hydroxylation is 1. The first-order valence-electron chi connectivity index (χ1n) is 6.37. The molecule has 0 bridgehead atoms. The van der Waals surface area contributed by atoms with Crippen LogP contribution >= 0.6 is 11.8 Å². The number of rotatable bonds is 3. The van der Waals surface area contributed by atoms with Crippen molar-refractivity contribution in [3.05, 3.63) is 17.4 Å². The van der Waals surface area contributed by atoms with Gasteiger partial charge in [-0.25, -0.2) is 13.6 Å². The molecule has 1 aliphatic rings. The monoisotopic (exact) mass is 318 g/mol. The Morgan fingerprint density at radius 1 is 1.60 bits per heavy atom. The molecule has 0 radical (unpaired) electrons. The SMILES string of the molecule is CC[C@H]1CN(C(=O)c2cc(S(N)(=O)=O)oc2C)CCS1. The van der Waals surface area contributed by atoms with Gasteiger partial charge in [0.25, 0.3) is 15.9 Å². The average molecular weight is 318 g/mol. The van der Waals surface area contributed by atoms with Gasteiger partial charge in [0.2, 0.25) is 5.09 Å². The molecule has 0 aromatic carbocycles. The lowest BCUT2D eigenvalue weighted by Crippen LogP contribution is -2.41. The summed E-state index contributed by atoms with van der Waals surface area (Å²) in [5, 5.41) is 5.08. The third kappa shape index (κ3) is 3.18. The molecule has 20 heavy (non-hydrogen) atoms. The third-order valence-electron chi connectivity index (χ3n) is 3.29. The van der Waals surface area contributed by atoms with E-state index in [-0.39, 0.29) is 22.3 Å². The third-order valence-corrected chi connectivity index (χ3v) is 5.42. The molecule has 8 heteroatoms. The lowest BCUT2D eigenvalue weighted by atomic mass is 10.2. The van der Waals surface area contributed by atoms with Crippen LogP contribution in [0.3, 0.4) is 0 Å². The van der Waals surface area contributed by atoms with Crippen molar-refractivity contribution in [2.45, 2.75) is 30.6 Å². The van der Waals surface area contributed by atoms with E-state index in [2.05, 4.69) is 6.92 Å². The van der Waals surface area contributed by atoms with Crippen molar-refractivity contribution in [1.82, 2.24) is 4.90 Å². The number of sulfonamides is 1. The number of hydrogen-bond donors (Lipinski definition) is 1. The predicted molar refractivity (Wildman–Crippen MR) is 77.3 cm³/mol. The summed E-state index contributed by atoms with van der Waals surface area (Å²) in [6.07, 6.45) is 1.00. The molecule has 0 aliphatic carbocycles. The highest BCUT2D eigenvalue weighted by Crippen LogP contribution is 2.25. The number of amides is 1. The molecule has 0 unspecified atom stereocenters. The Hall–Kier alpha value is -0.990.